The molecule has 2 aliphatic rings. The maximum absolute atomic E-state index is 13.6. The maximum Gasteiger partial charge on any atom is 0.337 e. The van der Waals surface area contributed by atoms with E-state index in [4.69, 9.17) is 77.4 Å². The highest BCUT2D eigenvalue weighted by Crippen LogP contribution is 2.36. The molecule has 0 saturated carbocycles. The average molecular weight is 915 g/mol. The van der Waals surface area contributed by atoms with Gasteiger partial charge in [0.2, 0.25) is 0 Å². The number of halogens is 3. The van der Waals surface area contributed by atoms with Gasteiger partial charge in [-0.25, -0.2) is 4.79 Å². The summed E-state index contributed by atoms with van der Waals surface area (Å²) in [7, 11) is 1.17. The number of alkyl halides is 3. The second-order valence-corrected chi connectivity index (χ2v) is 16.8. The van der Waals surface area contributed by atoms with Gasteiger partial charge in [0.05, 0.1) is 46.8 Å². The Labute approximate surface area is 376 Å². The van der Waals surface area contributed by atoms with Gasteiger partial charge in [-0.05, 0) is 22.3 Å². The minimum absolute atomic E-state index is 0.0195. The smallest absolute Gasteiger partial charge is 0.337 e. The van der Waals surface area contributed by atoms with E-state index < -0.39 is 77.0 Å². The topological polar surface area (TPSA) is 149 Å². The fraction of sp³-hybridized carbons (Fsp3) is 0.391. The average Bonchev–Trinajstić information content (AvgIpc) is 3.29. The first kappa shape index (κ1) is 47.5. The van der Waals surface area contributed by atoms with Crippen LogP contribution in [0.15, 0.2) is 134 Å². The van der Waals surface area contributed by atoms with Gasteiger partial charge < -0.3 is 53.1 Å². The molecule has 2 fully saturated rings. The fourth-order valence-corrected chi connectivity index (χ4v) is 7.19. The molecule has 0 unspecified atom stereocenters. The van der Waals surface area contributed by atoms with Crippen molar-refractivity contribution in [3.63, 3.8) is 0 Å². The number of hydrogen-bond acceptors (Lipinski definition) is 12. The van der Waals surface area contributed by atoms with Gasteiger partial charge in [0.25, 0.3) is 9.70 Å². The lowest BCUT2D eigenvalue weighted by atomic mass is 9.94. The summed E-state index contributed by atoms with van der Waals surface area (Å²) in [5.41, 5.74) is 3.29. The van der Waals surface area contributed by atoms with Crippen molar-refractivity contribution in [3.8, 4) is 0 Å². The molecule has 13 nitrogen and oxygen atoms in total. The molecule has 0 bridgehead atoms. The minimum Gasteiger partial charge on any atom is -0.467 e. The molecule has 10 atom stereocenters. The predicted octanol–water partition coefficient (Wildman–Crippen LogP) is 6.39. The Kier molecular flexibility index (Phi) is 18.1. The van der Waals surface area contributed by atoms with Crippen LogP contribution in [0.2, 0.25) is 0 Å². The van der Waals surface area contributed by atoms with Crippen LogP contribution < -0.4 is 5.32 Å². The lowest BCUT2D eigenvalue weighted by Gasteiger charge is -2.49. The summed E-state index contributed by atoms with van der Waals surface area (Å²) in [6, 6.07) is 36.2. The largest absolute Gasteiger partial charge is 0.467 e. The lowest BCUT2D eigenvalue weighted by Crippen LogP contribution is -2.69. The highest BCUT2D eigenvalue weighted by Gasteiger charge is 2.56. The molecule has 0 aromatic heterocycles. The summed E-state index contributed by atoms with van der Waals surface area (Å²) in [4.78, 5) is 26.9. The standard InChI is InChI=1S/C46H50Cl3NO12/c1-3-24-56-43-35(50-45(53)46(47,48)49)38(37(57-26-31-18-10-5-11-19-31)34(60-43)29-55-25-30-16-8-4-9-17-30)61-44-41(59-28-33-22-14-7-15-23-33)39(36(51)40(62-44)42(52)54-2)58-27-32-20-12-6-13-21-32/h3-23,34-41,43-44,51H,1,24-29H2,2H3,(H,50,53)/t34-,35-,36+,37-,38-,39+,40+,41-,43-,44-/m1/s1. The highest BCUT2D eigenvalue weighted by atomic mass is 35.6. The molecule has 0 radical (unpaired) electrons. The second kappa shape index (κ2) is 23.7. The zero-order chi connectivity index (χ0) is 43.9. The van der Waals surface area contributed by atoms with E-state index in [1.165, 1.54) is 13.2 Å². The van der Waals surface area contributed by atoms with Crippen molar-refractivity contribution in [2.24, 2.45) is 0 Å². The van der Waals surface area contributed by atoms with Crippen LogP contribution in [0.3, 0.4) is 0 Å². The summed E-state index contributed by atoms with van der Waals surface area (Å²) in [5, 5.41) is 14.6. The van der Waals surface area contributed by atoms with E-state index >= 15 is 0 Å². The van der Waals surface area contributed by atoms with Crippen LogP contribution in [-0.4, -0.2) is 102 Å². The van der Waals surface area contributed by atoms with Crippen LogP contribution in [0.4, 0.5) is 0 Å². The van der Waals surface area contributed by atoms with Gasteiger partial charge in [0.1, 0.15) is 42.7 Å². The van der Waals surface area contributed by atoms with Gasteiger partial charge in [-0.15, -0.1) is 6.58 Å². The fourth-order valence-electron chi connectivity index (χ4n) is 7.03. The van der Waals surface area contributed by atoms with E-state index in [1.54, 1.807) is 0 Å². The normalized spacial score (nSPS) is 26.3. The maximum atomic E-state index is 13.6. The molecular formula is C46H50Cl3NO12. The number of esters is 1. The van der Waals surface area contributed by atoms with Crippen molar-refractivity contribution in [1.82, 2.24) is 5.32 Å². The van der Waals surface area contributed by atoms with Gasteiger partial charge in [-0.1, -0.05) is 162 Å². The van der Waals surface area contributed by atoms with Gasteiger partial charge in [0.15, 0.2) is 18.7 Å². The van der Waals surface area contributed by atoms with Crippen molar-refractivity contribution in [2.75, 3.05) is 20.3 Å². The van der Waals surface area contributed by atoms with E-state index in [1.807, 2.05) is 121 Å². The number of aliphatic hydroxyl groups is 1. The number of carbonyl (C=O) groups excluding carboxylic acids is 2. The molecule has 2 heterocycles. The summed E-state index contributed by atoms with van der Waals surface area (Å²) in [5.74, 6) is -1.92. The quantitative estimate of drug-likeness (QED) is 0.0576. The number of amides is 1. The number of methoxy groups -OCH3 is 1. The zero-order valence-electron chi connectivity index (χ0n) is 33.9. The predicted molar refractivity (Wildman–Crippen MR) is 230 cm³/mol. The molecule has 6 rings (SSSR count). The molecule has 332 valence electrons. The summed E-state index contributed by atoms with van der Waals surface area (Å²) in [6.07, 6.45) is -10.3. The number of ether oxygens (including phenoxy) is 9. The number of aliphatic hydroxyl groups excluding tert-OH is 1. The monoisotopic (exact) mass is 913 g/mol. The second-order valence-electron chi connectivity index (χ2n) is 14.5. The van der Waals surface area contributed by atoms with Crippen molar-refractivity contribution in [1.29, 1.82) is 0 Å². The molecule has 16 heteroatoms. The Balaban J connectivity index is 1.43. The molecule has 0 aliphatic carbocycles. The minimum atomic E-state index is -2.43. The molecule has 2 N–H and O–H groups in total. The Morgan fingerprint density at radius 3 is 1.65 bits per heavy atom. The molecular weight excluding hydrogens is 865 g/mol. The number of nitrogens with one attached hydrogen (secondary N) is 1. The summed E-state index contributed by atoms with van der Waals surface area (Å²) >= 11 is 18.4. The number of benzene rings is 4. The highest BCUT2D eigenvalue weighted by molar-refractivity contribution is 6.76. The van der Waals surface area contributed by atoms with Gasteiger partial charge >= 0.3 is 5.97 Å². The first-order valence-electron chi connectivity index (χ1n) is 20.0. The number of rotatable bonds is 20. The first-order chi connectivity index (χ1) is 30.0. The van der Waals surface area contributed by atoms with Gasteiger partial charge in [-0.2, -0.15) is 0 Å². The molecule has 1 amide bonds. The van der Waals surface area contributed by atoms with E-state index in [-0.39, 0.29) is 39.6 Å². The first-order valence-corrected chi connectivity index (χ1v) is 21.1. The summed E-state index contributed by atoms with van der Waals surface area (Å²) in [6.45, 7) is 4.03. The Morgan fingerprint density at radius 1 is 0.677 bits per heavy atom. The lowest BCUT2D eigenvalue weighted by molar-refractivity contribution is -0.353. The van der Waals surface area contributed by atoms with E-state index in [2.05, 4.69) is 11.9 Å². The van der Waals surface area contributed by atoms with Crippen molar-refractivity contribution < 1.29 is 57.3 Å². The third-order valence-corrected chi connectivity index (χ3v) is 10.6. The third-order valence-electron chi connectivity index (χ3n) is 10.1. The Morgan fingerprint density at radius 2 is 1.16 bits per heavy atom. The van der Waals surface area contributed by atoms with Crippen LogP contribution in [0.5, 0.6) is 0 Å². The molecule has 0 spiro atoms. The molecule has 2 aliphatic heterocycles. The van der Waals surface area contributed by atoms with Gasteiger partial charge in [-0.3, -0.25) is 4.79 Å². The molecule has 4 aromatic carbocycles. The van der Waals surface area contributed by atoms with Crippen LogP contribution >= 0.6 is 34.8 Å². The molecule has 62 heavy (non-hydrogen) atoms. The number of carbonyl (C=O) groups is 2. The van der Waals surface area contributed by atoms with Crippen LogP contribution in [-0.2, 0) is 78.6 Å². The molecule has 4 aromatic rings. The Hall–Kier alpha value is -3.93. The van der Waals surface area contributed by atoms with Crippen LogP contribution in [0.25, 0.3) is 0 Å². The van der Waals surface area contributed by atoms with E-state index in [0.29, 0.717) is 0 Å². The molecule has 2 saturated heterocycles. The third kappa shape index (κ3) is 13.3. The zero-order valence-corrected chi connectivity index (χ0v) is 36.2. The van der Waals surface area contributed by atoms with Crippen molar-refractivity contribution >= 4 is 46.7 Å². The number of hydrogen-bond donors (Lipinski definition) is 2. The van der Waals surface area contributed by atoms with Crippen LogP contribution in [0, 0.1) is 0 Å². The van der Waals surface area contributed by atoms with Crippen molar-refractivity contribution in [2.45, 2.75) is 91.6 Å². The Bertz CT molecular complexity index is 1960. The van der Waals surface area contributed by atoms with Crippen molar-refractivity contribution in [3.05, 3.63) is 156 Å². The SMILES string of the molecule is C=CCO[C@@H]1O[C@H](COCc2ccccc2)[C@@H](OCc2ccccc2)[C@H](O[C@@H]2O[C@H](C(=O)OC)[C@@H](O)[C@H](OCc3ccccc3)[C@H]2OCc2ccccc2)[C@H]1NC(=O)C(Cl)(Cl)Cl. The summed E-state index contributed by atoms with van der Waals surface area (Å²) < 4.78 is 54.5. The van der Waals surface area contributed by atoms with E-state index in [0.717, 1.165) is 22.3 Å². The van der Waals surface area contributed by atoms with Gasteiger partial charge in [0, 0.05) is 0 Å². The van der Waals surface area contributed by atoms with Crippen LogP contribution in [0.1, 0.15) is 22.3 Å². The van der Waals surface area contributed by atoms with E-state index in [9.17, 15) is 14.7 Å².